The molecule has 0 radical (unpaired) electrons. The highest BCUT2D eigenvalue weighted by molar-refractivity contribution is 6.41. The van der Waals surface area contributed by atoms with Crippen molar-refractivity contribution in [1.82, 2.24) is 9.38 Å². The molecule has 0 fully saturated rings. The van der Waals surface area contributed by atoms with Gasteiger partial charge in [0.15, 0.2) is 0 Å². The number of carboxylic acid groups (broad SMARTS) is 1. The maximum Gasteiger partial charge on any atom is 0.360 e. The Bertz CT molecular complexity index is 511. The number of nitrogens with zero attached hydrogens (tertiary/aromatic N) is 3. The lowest BCUT2D eigenvalue weighted by atomic mass is 10.3. The van der Waals surface area contributed by atoms with E-state index in [-0.39, 0.29) is 5.69 Å². The third kappa shape index (κ3) is 1.52. The van der Waals surface area contributed by atoms with Gasteiger partial charge < -0.3 is 14.7 Å². The van der Waals surface area contributed by atoms with E-state index in [2.05, 4.69) is 10.1 Å². The number of aliphatic carboxylic acids is 1. The number of hydrogen-bond donors (Lipinski definition) is 2. The number of carboxylic acids is 1. The smallest absolute Gasteiger partial charge is 0.360 e. The van der Waals surface area contributed by atoms with Crippen molar-refractivity contribution in [3.8, 4) is 0 Å². The molecule has 0 aliphatic heterocycles. The zero-order chi connectivity index (χ0) is 10.8. The Kier molecular flexibility index (Phi) is 2.09. The molecule has 2 rings (SSSR count). The van der Waals surface area contributed by atoms with Gasteiger partial charge in [0.2, 0.25) is 5.71 Å². The molecule has 15 heavy (non-hydrogen) atoms. The monoisotopic (exact) mass is 205 g/mol. The van der Waals surface area contributed by atoms with Crippen LogP contribution in [0.5, 0.6) is 0 Å². The van der Waals surface area contributed by atoms with Gasteiger partial charge in [0.25, 0.3) is 0 Å². The first-order valence-corrected chi connectivity index (χ1v) is 4.12. The largest absolute Gasteiger partial charge is 0.476 e. The molecule has 0 aliphatic rings. The quantitative estimate of drug-likeness (QED) is 0.427. The lowest BCUT2D eigenvalue weighted by Gasteiger charge is -1.90. The second-order valence-corrected chi connectivity index (χ2v) is 2.85. The Morgan fingerprint density at radius 1 is 1.47 bits per heavy atom. The topological polar surface area (TPSA) is 87.2 Å². The van der Waals surface area contributed by atoms with E-state index >= 15 is 0 Å². The van der Waals surface area contributed by atoms with Gasteiger partial charge >= 0.3 is 5.97 Å². The van der Waals surface area contributed by atoms with Gasteiger partial charge in [0.1, 0.15) is 11.3 Å². The Labute approximate surface area is 84.1 Å². The van der Waals surface area contributed by atoms with Crippen molar-refractivity contribution in [3.63, 3.8) is 0 Å². The highest BCUT2D eigenvalue weighted by Gasteiger charge is 2.16. The molecule has 0 saturated carbocycles. The molecule has 2 aromatic rings. The standard InChI is InChI=1S/C9H7N3O3/c13-9(14)8(11-15)6-5-12-4-2-1-3-7(12)10-6/h1-5,15H,(H,13,14). The van der Waals surface area contributed by atoms with Gasteiger partial charge in [-0.3, -0.25) is 0 Å². The fourth-order valence-electron chi connectivity index (χ4n) is 1.25. The predicted octanol–water partition coefficient (Wildman–Crippen LogP) is 0.597. The van der Waals surface area contributed by atoms with E-state index in [0.717, 1.165) is 0 Å². The summed E-state index contributed by atoms with van der Waals surface area (Å²) >= 11 is 0. The number of pyridine rings is 1. The molecule has 2 heterocycles. The molecule has 0 unspecified atom stereocenters. The first-order valence-electron chi connectivity index (χ1n) is 4.12. The lowest BCUT2D eigenvalue weighted by Crippen LogP contribution is -2.14. The summed E-state index contributed by atoms with van der Waals surface area (Å²) in [6.07, 6.45) is 3.21. The summed E-state index contributed by atoms with van der Waals surface area (Å²) in [7, 11) is 0. The molecule has 0 amide bonds. The Morgan fingerprint density at radius 3 is 2.87 bits per heavy atom. The van der Waals surface area contributed by atoms with Crippen molar-refractivity contribution >= 4 is 17.3 Å². The summed E-state index contributed by atoms with van der Waals surface area (Å²) < 4.78 is 1.64. The van der Waals surface area contributed by atoms with E-state index in [9.17, 15) is 4.79 Å². The maximum absolute atomic E-state index is 10.7. The molecule has 0 spiro atoms. The van der Waals surface area contributed by atoms with Crippen LogP contribution >= 0.6 is 0 Å². The maximum atomic E-state index is 10.7. The van der Waals surface area contributed by atoms with Crippen LogP contribution in [0.2, 0.25) is 0 Å². The van der Waals surface area contributed by atoms with E-state index in [1.54, 1.807) is 28.8 Å². The van der Waals surface area contributed by atoms with Gasteiger partial charge in [-0.05, 0) is 12.1 Å². The zero-order valence-electron chi connectivity index (χ0n) is 7.53. The van der Waals surface area contributed by atoms with Crippen molar-refractivity contribution in [1.29, 1.82) is 0 Å². The minimum Gasteiger partial charge on any atom is -0.476 e. The summed E-state index contributed by atoms with van der Waals surface area (Å²) in [6, 6.07) is 5.29. The minimum atomic E-state index is -1.32. The lowest BCUT2D eigenvalue weighted by molar-refractivity contribution is -0.129. The number of fused-ring (bicyclic) bond motifs is 1. The van der Waals surface area contributed by atoms with E-state index in [4.69, 9.17) is 10.3 Å². The number of hydrogen-bond acceptors (Lipinski definition) is 4. The van der Waals surface area contributed by atoms with Crippen LogP contribution in [0.25, 0.3) is 5.65 Å². The average Bonchev–Trinajstić information content (AvgIpc) is 2.61. The number of rotatable bonds is 2. The molecule has 0 aliphatic carbocycles. The molecular formula is C9H7N3O3. The van der Waals surface area contributed by atoms with Gasteiger partial charge in [-0.1, -0.05) is 11.2 Å². The van der Waals surface area contributed by atoms with Gasteiger partial charge in [0.05, 0.1) is 0 Å². The summed E-state index contributed by atoms with van der Waals surface area (Å²) in [5, 5.41) is 19.9. The van der Waals surface area contributed by atoms with Crippen molar-refractivity contribution in [3.05, 3.63) is 36.3 Å². The third-order valence-electron chi connectivity index (χ3n) is 1.91. The average molecular weight is 205 g/mol. The normalized spacial score (nSPS) is 11.9. The highest BCUT2D eigenvalue weighted by Crippen LogP contribution is 2.05. The minimum absolute atomic E-state index is 0.121. The van der Waals surface area contributed by atoms with Crippen LogP contribution in [-0.2, 0) is 4.79 Å². The Morgan fingerprint density at radius 2 is 2.27 bits per heavy atom. The molecule has 6 nitrogen and oxygen atoms in total. The number of aromatic nitrogens is 2. The molecule has 6 heteroatoms. The van der Waals surface area contributed by atoms with Gasteiger partial charge in [0, 0.05) is 12.4 Å². The predicted molar refractivity (Wildman–Crippen MR) is 51.2 cm³/mol. The molecule has 2 N–H and O–H groups in total. The summed E-state index contributed by atoms with van der Waals surface area (Å²) in [4.78, 5) is 14.7. The van der Waals surface area contributed by atoms with Crippen LogP contribution in [0.4, 0.5) is 0 Å². The number of carbonyl (C=O) groups is 1. The SMILES string of the molecule is O=C(O)C(=NO)c1cn2ccccc2n1. The van der Waals surface area contributed by atoms with Crippen molar-refractivity contribution in [2.75, 3.05) is 0 Å². The van der Waals surface area contributed by atoms with E-state index in [0.29, 0.717) is 5.65 Å². The third-order valence-corrected chi connectivity index (χ3v) is 1.91. The molecule has 0 atom stereocenters. The Hall–Kier alpha value is -2.37. The first kappa shape index (κ1) is 9.20. The van der Waals surface area contributed by atoms with Crippen LogP contribution in [0.15, 0.2) is 35.7 Å². The van der Waals surface area contributed by atoms with Crippen molar-refractivity contribution in [2.24, 2.45) is 5.16 Å². The fraction of sp³-hybridized carbons (Fsp3) is 0. The molecule has 76 valence electrons. The summed E-state index contributed by atoms with van der Waals surface area (Å²) in [6.45, 7) is 0. The van der Waals surface area contributed by atoms with E-state index < -0.39 is 11.7 Å². The molecule has 2 aromatic heterocycles. The van der Waals surface area contributed by atoms with Crippen molar-refractivity contribution in [2.45, 2.75) is 0 Å². The fourth-order valence-corrected chi connectivity index (χ4v) is 1.25. The van der Waals surface area contributed by atoms with Crippen LogP contribution in [0.3, 0.4) is 0 Å². The van der Waals surface area contributed by atoms with Crippen LogP contribution in [0.1, 0.15) is 5.69 Å². The number of oxime groups is 1. The van der Waals surface area contributed by atoms with E-state index in [1.807, 2.05) is 0 Å². The highest BCUT2D eigenvalue weighted by atomic mass is 16.4. The second kappa shape index (κ2) is 3.41. The van der Waals surface area contributed by atoms with Gasteiger partial charge in [-0.15, -0.1) is 0 Å². The van der Waals surface area contributed by atoms with Gasteiger partial charge in [-0.25, -0.2) is 9.78 Å². The zero-order valence-corrected chi connectivity index (χ0v) is 7.53. The van der Waals surface area contributed by atoms with Gasteiger partial charge in [-0.2, -0.15) is 0 Å². The van der Waals surface area contributed by atoms with Crippen LogP contribution in [0, 0.1) is 0 Å². The summed E-state index contributed by atoms with van der Waals surface area (Å²) in [5.41, 5.74) is 0.241. The Balaban J connectivity index is 2.58. The number of imidazole rings is 1. The molecule has 0 saturated heterocycles. The van der Waals surface area contributed by atoms with E-state index in [1.165, 1.54) is 6.20 Å². The first-order chi connectivity index (χ1) is 7.22. The molecule has 0 bridgehead atoms. The van der Waals surface area contributed by atoms with Crippen molar-refractivity contribution < 1.29 is 15.1 Å². The molecule has 0 aromatic carbocycles. The van der Waals surface area contributed by atoms with Crippen LogP contribution < -0.4 is 0 Å². The second-order valence-electron chi connectivity index (χ2n) is 2.85. The molecular weight excluding hydrogens is 198 g/mol. The van der Waals surface area contributed by atoms with Crippen LogP contribution in [-0.4, -0.2) is 31.4 Å². The summed E-state index contributed by atoms with van der Waals surface area (Å²) in [5.74, 6) is -1.32.